The van der Waals surface area contributed by atoms with E-state index in [1.807, 2.05) is 13.8 Å². The van der Waals surface area contributed by atoms with Crippen LogP contribution in [0.15, 0.2) is 30.6 Å². The number of ether oxygens (including phenoxy) is 3. The number of anilines is 2. The number of methoxy groups -OCH3 is 1. The number of nitrogens with one attached hydrogen (secondary N) is 1. The molecule has 3 aromatic rings. The SMILES string of the molecule is C#CC(Cn1cnc2c(N)nc(C)nc21)C(CO[C@](C=O)(Cc1ccc(N(CC)C(=O)NCC)cc1)C(=O)OCC)OC.CO. The molecule has 3 atom stereocenters. The van der Waals surface area contributed by atoms with Crippen molar-refractivity contribution in [2.45, 2.75) is 52.4 Å². The van der Waals surface area contributed by atoms with Gasteiger partial charge >= 0.3 is 12.0 Å². The average Bonchev–Trinajstić information content (AvgIpc) is 3.44. The molecule has 2 unspecified atom stereocenters. The summed E-state index contributed by atoms with van der Waals surface area (Å²) in [7, 11) is 2.47. The summed E-state index contributed by atoms with van der Waals surface area (Å²) in [6.45, 7) is 8.14. The van der Waals surface area contributed by atoms with E-state index in [4.69, 9.17) is 31.5 Å². The molecule has 0 radical (unpaired) electrons. The van der Waals surface area contributed by atoms with E-state index in [1.54, 1.807) is 53.9 Å². The van der Waals surface area contributed by atoms with E-state index in [1.165, 1.54) is 7.11 Å². The number of aliphatic hydroxyl groups excluding tert-OH is 1. The summed E-state index contributed by atoms with van der Waals surface area (Å²) in [5.74, 6) is 2.07. The summed E-state index contributed by atoms with van der Waals surface area (Å²) < 4.78 is 18.7. The standard InChI is InChI=1S/C30H39N7O6.CH4O/c1-7-22(16-36-19-33-25-26(31)34-20(5)35-27(25)36)24(41-6)17-43-30(18-38,28(39)42-10-4)15-21-11-13-23(14-12-21)37(9-3)29(40)32-8-2;1-2/h1,11-14,18-19,22,24H,8-10,15-17H2,2-6H3,(H,32,40)(H2,31,34,35);2H,1H3/t22?,24?,30-;/m0./s1. The van der Waals surface area contributed by atoms with Crippen LogP contribution in [0.25, 0.3) is 11.2 Å². The first-order valence-corrected chi connectivity index (χ1v) is 14.5. The van der Waals surface area contributed by atoms with Crippen molar-refractivity contribution in [3.8, 4) is 12.3 Å². The molecule has 3 rings (SSSR count). The molecule has 4 N–H and O–H groups in total. The van der Waals surface area contributed by atoms with Crippen molar-refractivity contribution >= 4 is 41.0 Å². The van der Waals surface area contributed by atoms with Crippen LogP contribution in [0.1, 0.15) is 32.2 Å². The fraction of sp³-hybridized carbons (Fsp3) is 0.484. The van der Waals surface area contributed by atoms with Gasteiger partial charge in [0.25, 0.3) is 0 Å². The molecular formula is C31H43N7O7. The first-order valence-electron chi connectivity index (χ1n) is 14.5. The molecule has 0 aliphatic rings. The van der Waals surface area contributed by atoms with Crippen molar-refractivity contribution in [2.75, 3.05) is 51.2 Å². The van der Waals surface area contributed by atoms with Crippen LogP contribution in [0.5, 0.6) is 0 Å². The lowest BCUT2D eigenvalue weighted by atomic mass is 9.94. The number of hydrogen-bond donors (Lipinski definition) is 3. The Hall–Kier alpha value is -4.58. The summed E-state index contributed by atoms with van der Waals surface area (Å²) in [6.07, 6.45) is 7.08. The summed E-state index contributed by atoms with van der Waals surface area (Å²) in [6, 6.07) is 6.73. The van der Waals surface area contributed by atoms with Crippen LogP contribution in [-0.2, 0) is 36.8 Å². The van der Waals surface area contributed by atoms with Gasteiger partial charge < -0.3 is 34.9 Å². The highest BCUT2D eigenvalue weighted by molar-refractivity contribution is 5.97. The van der Waals surface area contributed by atoms with E-state index in [-0.39, 0.29) is 38.0 Å². The number of rotatable bonds is 15. The zero-order chi connectivity index (χ0) is 33.6. The zero-order valence-corrected chi connectivity index (χ0v) is 26.6. The maximum Gasteiger partial charge on any atom is 0.346 e. The van der Waals surface area contributed by atoms with Gasteiger partial charge in [-0.05, 0) is 45.4 Å². The highest BCUT2D eigenvalue weighted by Gasteiger charge is 2.43. The smallest absolute Gasteiger partial charge is 0.346 e. The molecule has 2 amide bonds. The molecule has 2 aromatic heterocycles. The summed E-state index contributed by atoms with van der Waals surface area (Å²) >= 11 is 0. The number of urea groups is 1. The zero-order valence-electron chi connectivity index (χ0n) is 26.6. The summed E-state index contributed by atoms with van der Waals surface area (Å²) in [5, 5.41) is 9.78. The molecule has 0 fully saturated rings. The van der Waals surface area contributed by atoms with E-state index >= 15 is 0 Å². The van der Waals surface area contributed by atoms with Crippen molar-refractivity contribution < 1.29 is 33.7 Å². The third kappa shape index (κ3) is 8.98. The van der Waals surface area contributed by atoms with Crippen LogP contribution < -0.4 is 16.0 Å². The maximum absolute atomic E-state index is 13.1. The molecule has 0 saturated carbocycles. The fourth-order valence-electron chi connectivity index (χ4n) is 4.63. The molecule has 0 aliphatic carbocycles. The number of amides is 2. The van der Waals surface area contributed by atoms with Gasteiger partial charge in [-0.15, -0.1) is 6.42 Å². The van der Waals surface area contributed by atoms with Crippen LogP contribution in [0.3, 0.4) is 0 Å². The lowest BCUT2D eigenvalue weighted by molar-refractivity contribution is -0.177. The number of nitrogens with zero attached hydrogens (tertiary/aromatic N) is 5. The monoisotopic (exact) mass is 625 g/mol. The number of nitrogens with two attached hydrogens (primary N) is 1. The number of terminal acetylenes is 1. The van der Waals surface area contributed by atoms with Crippen LogP contribution in [-0.4, -0.2) is 95.1 Å². The minimum atomic E-state index is -1.96. The van der Waals surface area contributed by atoms with Gasteiger partial charge in [0, 0.05) is 46.0 Å². The van der Waals surface area contributed by atoms with Crippen molar-refractivity contribution in [2.24, 2.45) is 5.92 Å². The predicted molar refractivity (Wildman–Crippen MR) is 169 cm³/mol. The lowest BCUT2D eigenvalue weighted by Gasteiger charge is -2.30. The maximum atomic E-state index is 13.1. The number of aryl methyl sites for hydroxylation is 1. The molecule has 14 nitrogen and oxygen atoms in total. The molecule has 0 bridgehead atoms. The number of hydrogen-bond acceptors (Lipinski definition) is 11. The van der Waals surface area contributed by atoms with Crippen molar-refractivity contribution in [1.82, 2.24) is 24.8 Å². The Bertz CT molecular complexity index is 1450. The minimum absolute atomic E-state index is 0.0491. The minimum Gasteiger partial charge on any atom is -0.464 e. The quantitative estimate of drug-likeness (QED) is 0.0970. The summed E-state index contributed by atoms with van der Waals surface area (Å²) in [4.78, 5) is 52.5. The second-order valence-corrected chi connectivity index (χ2v) is 9.73. The van der Waals surface area contributed by atoms with Gasteiger partial charge in [-0.1, -0.05) is 18.1 Å². The van der Waals surface area contributed by atoms with E-state index in [0.717, 1.165) is 7.11 Å². The Morgan fingerprint density at radius 1 is 1.22 bits per heavy atom. The van der Waals surface area contributed by atoms with Gasteiger partial charge in [-0.3, -0.25) is 9.69 Å². The molecule has 0 aliphatic heterocycles. The number of imidazole rings is 1. The Labute approximate surface area is 263 Å². The third-order valence-corrected chi connectivity index (χ3v) is 6.88. The second-order valence-electron chi connectivity index (χ2n) is 9.73. The van der Waals surface area contributed by atoms with Gasteiger partial charge in [0.15, 0.2) is 17.8 Å². The number of carbonyl (C=O) groups excluding carboxylic acids is 3. The number of carbonyl (C=O) groups is 3. The molecular weight excluding hydrogens is 582 g/mol. The lowest BCUT2D eigenvalue weighted by Crippen LogP contribution is -2.49. The normalized spacial score (nSPS) is 13.4. The second kappa shape index (κ2) is 17.6. The molecule has 244 valence electrons. The molecule has 2 heterocycles. The number of aliphatic hydroxyl groups is 1. The van der Waals surface area contributed by atoms with Crippen molar-refractivity contribution in [3.05, 3.63) is 42.0 Å². The fourth-order valence-corrected chi connectivity index (χ4v) is 4.63. The van der Waals surface area contributed by atoms with Crippen LogP contribution in [0.2, 0.25) is 0 Å². The van der Waals surface area contributed by atoms with E-state index in [9.17, 15) is 14.4 Å². The summed E-state index contributed by atoms with van der Waals surface area (Å²) in [5.41, 5.74) is 6.29. The Balaban J connectivity index is 0.00000345. The first kappa shape index (κ1) is 36.6. The number of nitrogen functional groups attached to an aromatic ring is 1. The van der Waals surface area contributed by atoms with Gasteiger partial charge in [-0.2, -0.15) is 0 Å². The van der Waals surface area contributed by atoms with E-state index in [0.29, 0.717) is 47.6 Å². The number of benzene rings is 1. The number of fused-ring (bicyclic) bond motifs is 1. The van der Waals surface area contributed by atoms with E-state index < -0.39 is 23.6 Å². The predicted octanol–water partition coefficient (Wildman–Crippen LogP) is 1.91. The molecule has 14 heteroatoms. The first-order chi connectivity index (χ1) is 21.7. The molecule has 0 saturated heterocycles. The van der Waals surface area contributed by atoms with Gasteiger partial charge in [0.05, 0.1) is 31.6 Å². The Kier molecular flexibility index (Phi) is 14.4. The van der Waals surface area contributed by atoms with Crippen LogP contribution in [0, 0.1) is 25.2 Å². The van der Waals surface area contributed by atoms with Gasteiger partial charge in [0.2, 0.25) is 5.60 Å². The van der Waals surface area contributed by atoms with Gasteiger partial charge in [-0.25, -0.2) is 24.5 Å². The van der Waals surface area contributed by atoms with Crippen LogP contribution >= 0.6 is 0 Å². The number of aldehydes is 1. The highest BCUT2D eigenvalue weighted by atomic mass is 16.6. The Morgan fingerprint density at radius 3 is 2.47 bits per heavy atom. The number of aromatic nitrogens is 4. The third-order valence-electron chi connectivity index (χ3n) is 6.88. The average molecular weight is 626 g/mol. The van der Waals surface area contributed by atoms with Gasteiger partial charge in [0.1, 0.15) is 11.3 Å². The topological polar surface area (TPSA) is 184 Å². The molecule has 45 heavy (non-hydrogen) atoms. The van der Waals surface area contributed by atoms with Crippen molar-refractivity contribution in [1.29, 1.82) is 0 Å². The molecule has 0 spiro atoms. The van der Waals surface area contributed by atoms with E-state index in [2.05, 4.69) is 26.2 Å². The largest absolute Gasteiger partial charge is 0.464 e. The number of esters is 1. The van der Waals surface area contributed by atoms with Crippen LogP contribution in [0.4, 0.5) is 16.3 Å². The highest BCUT2D eigenvalue weighted by Crippen LogP contribution is 2.24. The Morgan fingerprint density at radius 2 is 1.91 bits per heavy atom. The van der Waals surface area contributed by atoms with Crippen molar-refractivity contribution in [3.63, 3.8) is 0 Å². The molecule has 1 aromatic carbocycles.